The van der Waals surface area contributed by atoms with Gasteiger partial charge in [0.05, 0.1) is 36.4 Å². The van der Waals surface area contributed by atoms with Crippen LogP contribution in [0.5, 0.6) is 0 Å². The van der Waals surface area contributed by atoms with Gasteiger partial charge in [-0.2, -0.15) is 0 Å². The Labute approximate surface area is 234 Å². The maximum absolute atomic E-state index is 13.0. The lowest BCUT2D eigenvalue weighted by Crippen LogP contribution is -2.63. The number of esters is 1. The number of aliphatic hydroxyl groups excluding tert-OH is 1. The highest BCUT2D eigenvalue weighted by Gasteiger charge is 2.49. The number of alkyl carbamates (subject to hydrolysis) is 1. The Morgan fingerprint density at radius 2 is 1.78 bits per heavy atom. The Kier molecular flexibility index (Phi) is 10.8. The molecule has 8 atom stereocenters. The topological polar surface area (TPSA) is 250 Å². The van der Waals surface area contributed by atoms with E-state index in [1.165, 1.54) is 24.3 Å². The number of amides is 1. The molecule has 0 spiro atoms. The third-order valence-corrected chi connectivity index (χ3v) is 6.01. The van der Waals surface area contributed by atoms with Gasteiger partial charge >= 0.3 is 12.1 Å². The molecule has 0 saturated heterocycles. The number of hydrogen-bond donors (Lipinski definition) is 2. The molecule has 5 unspecified atom stereocenters. The Bertz CT molecular complexity index is 1250. The number of benzene rings is 1. The normalized spacial score (nSPS) is 29.1. The summed E-state index contributed by atoms with van der Waals surface area (Å²) >= 11 is 0. The fraction of sp³-hybridized carbons (Fsp3) is 0.583. The zero-order chi connectivity index (χ0) is 30.0. The Hall–Kier alpha value is -4.49. The summed E-state index contributed by atoms with van der Waals surface area (Å²) in [6.07, 6.45) is -4.40. The second kappa shape index (κ2) is 14.2. The standard InChI is InChI=1S/C24H30N10O7/c1-24(2,3)41-23(37)29-16-11-17(31-34-27)20(18(35)19(16)39-21(36)13-7-5-4-6-8-13)40-22-15(30-33-26)10-9-14(38-22)12-28-32-25/h4-10,14-20,22,35H,11-12H2,1-3H3,(H,29,37)/t14?,15?,16-,17?,18-,19?,20?,22-/m1/s1. The number of aliphatic hydroxyl groups is 1. The van der Waals surface area contributed by atoms with E-state index in [4.69, 9.17) is 30.0 Å². The first kappa shape index (κ1) is 31.0. The summed E-state index contributed by atoms with van der Waals surface area (Å²) in [4.78, 5) is 33.9. The fourth-order valence-electron chi connectivity index (χ4n) is 4.32. The summed E-state index contributed by atoms with van der Waals surface area (Å²) in [6, 6.07) is 4.85. The minimum atomic E-state index is -1.66. The summed E-state index contributed by atoms with van der Waals surface area (Å²) < 4.78 is 22.8. The number of carbonyl (C=O) groups excluding carboxylic acids is 2. The molecule has 3 rings (SSSR count). The van der Waals surface area contributed by atoms with Crippen LogP contribution < -0.4 is 5.32 Å². The maximum atomic E-state index is 13.0. The molecule has 2 aliphatic rings. The van der Waals surface area contributed by atoms with Crippen LogP contribution in [0, 0.1) is 0 Å². The lowest BCUT2D eigenvalue weighted by Gasteiger charge is -2.44. The van der Waals surface area contributed by atoms with Gasteiger partial charge in [-0.3, -0.25) is 0 Å². The van der Waals surface area contributed by atoms with E-state index in [-0.39, 0.29) is 18.5 Å². The van der Waals surface area contributed by atoms with Crippen molar-refractivity contribution in [2.24, 2.45) is 15.3 Å². The van der Waals surface area contributed by atoms with Crippen molar-refractivity contribution in [1.29, 1.82) is 0 Å². The van der Waals surface area contributed by atoms with Crippen molar-refractivity contribution in [3.8, 4) is 0 Å². The van der Waals surface area contributed by atoms with E-state index in [2.05, 4.69) is 35.4 Å². The zero-order valence-electron chi connectivity index (χ0n) is 22.5. The molecule has 1 amide bonds. The molecule has 1 aromatic rings. The molecule has 0 bridgehead atoms. The summed E-state index contributed by atoms with van der Waals surface area (Å²) in [5.74, 6) is -0.787. The van der Waals surface area contributed by atoms with Crippen LogP contribution in [0.4, 0.5) is 4.79 Å². The fourth-order valence-corrected chi connectivity index (χ4v) is 4.32. The summed E-state index contributed by atoms with van der Waals surface area (Å²) in [7, 11) is 0. The minimum Gasteiger partial charge on any atom is -0.454 e. The van der Waals surface area contributed by atoms with Crippen LogP contribution in [0.2, 0.25) is 0 Å². The number of azide groups is 3. The van der Waals surface area contributed by atoms with Gasteiger partial charge < -0.3 is 29.4 Å². The first-order chi connectivity index (χ1) is 19.6. The molecule has 17 nitrogen and oxygen atoms in total. The molecular formula is C24H30N10O7. The Morgan fingerprint density at radius 1 is 1.07 bits per heavy atom. The van der Waals surface area contributed by atoms with Gasteiger partial charge in [0.15, 0.2) is 12.4 Å². The van der Waals surface area contributed by atoms with Crippen LogP contribution in [-0.4, -0.2) is 78.1 Å². The van der Waals surface area contributed by atoms with Crippen molar-refractivity contribution in [2.45, 2.75) is 81.6 Å². The van der Waals surface area contributed by atoms with Gasteiger partial charge in [-0.05, 0) is 55.9 Å². The molecule has 1 saturated carbocycles. The molecule has 218 valence electrons. The molecule has 1 aliphatic carbocycles. The van der Waals surface area contributed by atoms with Crippen LogP contribution in [0.3, 0.4) is 0 Å². The van der Waals surface area contributed by atoms with Crippen molar-refractivity contribution >= 4 is 12.1 Å². The van der Waals surface area contributed by atoms with Gasteiger partial charge in [-0.25, -0.2) is 9.59 Å². The van der Waals surface area contributed by atoms with Gasteiger partial charge in [0.25, 0.3) is 0 Å². The molecule has 0 radical (unpaired) electrons. The Balaban J connectivity index is 1.93. The van der Waals surface area contributed by atoms with Crippen LogP contribution in [0.25, 0.3) is 31.3 Å². The first-order valence-corrected chi connectivity index (χ1v) is 12.6. The van der Waals surface area contributed by atoms with Gasteiger partial charge in [0.2, 0.25) is 0 Å². The summed E-state index contributed by atoms with van der Waals surface area (Å²) in [5.41, 5.74) is 26.2. The third kappa shape index (κ3) is 8.75. The average molecular weight is 571 g/mol. The molecule has 1 aromatic carbocycles. The summed E-state index contributed by atoms with van der Waals surface area (Å²) in [5, 5.41) is 24.9. The van der Waals surface area contributed by atoms with E-state index in [1.807, 2.05) is 0 Å². The number of carbonyl (C=O) groups is 2. The van der Waals surface area contributed by atoms with E-state index in [0.717, 1.165) is 0 Å². The highest BCUT2D eigenvalue weighted by atomic mass is 16.7. The van der Waals surface area contributed by atoms with Crippen molar-refractivity contribution in [3.05, 3.63) is 79.4 Å². The van der Waals surface area contributed by atoms with Gasteiger partial charge in [-0.15, -0.1) is 0 Å². The van der Waals surface area contributed by atoms with E-state index < -0.39 is 66.5 Å². The highest BCUT2D eigenvalue weighted by molar-refractivity contribution is 5.89. The predicted octanol–water partition coefficient (Wildman–Crippen LogP) is 4.20. The number of ether oxygens (including phenoxy) is 4. The lowest BCUT2D eigenvalue weighted by molar-refractivity contribution is -0.233. The zero-order valence-corrected chi connectivity index (χ0v) is 22.5. The average Bonchev–Trinajstić information content (AvgIpc) is 2.92. The van der Waals surface area contributed by atoms with Crippen LogP contribution in [-0.2, 0) is 18.9 Å². The van der Waals surface area contributed by atoms with Gasteiger partial charge in [0.1, 0.15) is 17.7 Å². The maximum Gasteiger partial charge on any atom is 0.408 e. The van der Waals surface area contributed by atoms with Crippen LogP contribution in [0.1, 0.15) is 37.6 Å². The van der Waals surface area contributed by atoms with Crippen molar-refractivity contribution in [2.75, 3.05) is 6.54 Å². The molecule has 17 heteroatoms. The highest BCUT2D eigenvalue weighted by Crippen LogP contribution is 2.32. The molecule has 1 heterocycles. The van der Waals surface area contributed by atoms with E-state index in [1.54, 1.807) is 39.0 Å². The molecule has 41 heavy (non-hydrogen) atoms. The Morgan fingerprint density at radius 3 is 2.41 bits per heavy atom. The number of nitrogens with one attached hydrogen (secondary N) is 1. The van der Waals surface area contributed by atoms with Crippen LogP contribution in [0.15, 0.2) is 57.8 Å². The minimum absolute atomic E-state index is 0.0952. The second-order valence-corrected chi connectivity index (χ2v) is 10.1. The van der Waals surface area contributed by atoms with Gasteiger partial charge in [0, 0.05) is 14.7 Å². The number of nitrogens with zero attached hydrogens (tertiary/aromatic N) is 9. The summed E-state index contributed by atoms with van der Waals surface area (Å²) in [6.45, 7) is 4.89. The van der Waals surface area contributed by atoms with Crippen molar-refractivity contribution in [3.63, 3.8) is 0 Å². The van der Waals surface area contributed by atoms with Crippen molar-refractivity contribution in [1.82, 2.24) is 5.32 Å². The third-order valence-electron chi connectivity index (χ3n) is 6.01. The largest absolute Gasteiger partial charge is 0.454 e. The number of rotatable bonds is 9. The van der Waals surface area contributed by atoms with E-state index in [0.29, 0.717) is 0 Å². The first-order valence-electron chi connectivity index (χ1n) is 12.6. The molecule has 0 aromatic heterocycles. The van der Waals surface area contributed by atoms with Crippen LogP contribution >= 0.6 is 0 Å². The molecule has 1 aliphatic heterocycles. The lowest BCUT2D eigenvalue weighted by atomic mass is 9.83. The second-order valence-electron chi connectivity index (χ2n) is 10.1. The number of hydrogen-bond acceptors (Lipinski definition) is 10. The molecular weight excluding hydrogens is 540 g/mol. The smallest absolute Gasteiger partial charge is 0.408 e. The van der Waals surface area contributed by atoms with Gasteiger partial charge in [-0.1, -0.05) is 45.7 Å². The SMILES string of the molecule is CC(C)(C)OC(=O)N[C@@H]1CC(N=[N+]=[N-])C(O[C@H]2OC(CN=[N+]=[N-])C=CC2N=[N+]=[N-])[C@H](O)C1OC(=O)c1ccccc1. The quantitative estimate of drug-likeness (QED) is 0.144. The predicted molar refractivity (Wildman–Crippen MR) is 142 cm³/mol. The molecule has 1 fully saturated rings. The monoisotopic (exact) mass is 570 g/mol. The van der Waals surface area contributed by atoms with E-state index in [9.17, 15) is 20.2 Å². The van der Waals surface area contributed by atoms with E-state index >= 15 is 0 Å². The van der Waals surface area contributed by atoms with Crippen molar-refractivity contribution < 1.29 is 33.6 Å². The molecule has 2 N–H and O–H groups in total.